The molecule has 1 aliphatic heterocycles. The molecule has 1 aliphatic rings. The molecule has 0 radical (unpaired) electrons. The number of hydrogen-bond acceptors (Lipinski definition) is 3. The van der Waals surface area contributed by atoms with Gasteiger partial charge in [-0.3, -0.25) is 4.79 Å². The van der Waals surface area contributed by atoms with Gasteiger partial charge in [0, 0.05) is 18.2 Å². The van der Waals surface area contributed by atoms with Crippen LogP contribution in [0, 0.1) is 0 Å². The Morgan fingerprint density at radius 2 is 2.33 bits per heavy atom. The molecule has 1 aromatic rings. The Hall–Kier alpha value is -1.26. The summed E-state index contributed by atoms with van der Waals surface area (Å²) in [5.74, 6) is 0.664. The number of anilines is 1. The van der Waals surface area contributed by atoms with Crippen molar-refractivity contribution in [1.82, 2.24) is 5.32 Å². The van der Waals surface area contributed by atoms with E-state index in [1.807, 2.05) is 19.9 Å². The standard InChI is InChI=1S/C16H23ClN2O2/c1-11(2)21-15-7-5-13(10-14(15)17)19-16(20)8-6-12-4-3-9-18-12/h5,7,10-12,18H,3-4,6,8-9H2,1-2H3,(H,19,20). The lowest BCUT2D eigenvalue weighted by molar-refractivity contribution is -0.116. The maximum atomic E-state index is 11.9. The van der Waals surface area contributed by atoms with Gasteiger partial charge >= 0.3 is 0 Å². The van der Waals surface area contributed by atoms with E-state index in [4.69, 9.17) is 16.3 Å². The second-order valence-corrected chi connectivity index (χ2v) is 6.10. The third kappa shape index (κ3) is 5.21. The quantitative estimate of drug-likeness (QED) is 0.844. The first-order valence-electron chi connectivity index (χ1n) is 7.54. The maximum Gasteiger partial charge on any atom is 0.224 e. The molecule has 0 bridgehead atoms. The van der Waals surface area contributed by atoms with Gasteiger partial charge in [0.1, 0.15) is 5.75 Å². The number of carbonyl (C=O) groups is 1. The first kappa shape index (κ1) is 16.1. The molecule has 2 rings (SSSR count). The summed E-state index contributed by atoms with van der Waals surface area (Å²) in [5, 5.41) is 6.79. The number of amides is 1. The van der Waals surface area contributed by atoms with Crippen LogP contribution in [0.15, 0.2) is 18.2 Å². The van der Waals surface area contributed by atoms with Crippen LogP contribution in [0.1, 0.15) is 39.5 Å². The van der Waals surface area contributed by atoms with Gasteiger partial charge in [-0.05, 0) is 57.9 Å². The van der Waals surface area contributed by atoms with E-state index in [1.165, 1.54) is 12.8 Å². The molecule has 1 heterocycles. The van der Waals surface area contributed by atoms with E-state index in [0.717, 1.165) is 13.0 Å². The highest BCUT2D eigenvalue weighted by molar-refractivity contribution is 6.32. The first-order valence-corrected chi connectivity index (χ1v) is 7.92. The van der Waals surface area contributed by atoms with E-state index in [1.54, 1.807) is 12.1 Å². The Kier molecular flexibility index (Phi) is 5.88. The smallest absolute Gasteiger partial charge is 0.224 e. The van der Waals surface area contributed by atoms with Crippen LogP contribution in [0.4, 0.5) is 5.69 Å². The number of rotatable bonds is 6. The average molecular weight is 311 g/mol. The zero-order valence-electron chi connectivity index (χ0n) is 12.6. The fraction of sp³-hybridized carbons (Fsp3) is 0.562. The van der Waals surface area contributed by atoms with Gasteiger partial charge in [0.2, 0.25) is 5.91 Å². The van der Waals surface area contributed by atoms with E-state index >= 15 is 0 Å². The minimum Gasteiger partial charge on any atom is -0.489 e. The Bertz CT molecular complexity index is 485. The first-order chi connectivity index (χ1) is 10.0. The summed E-state index contributed by atoms with van der Waals surface area (Å²) >= 11 is 6.15. The third-order valence-corrected chi connectivity index (χ3v) is 3.76. The van der Waals surface area contributed by atoms with Crippen molar-refractivity contribution in [2.75, 3.05) is 11.9 Å². The van der Waals surface area contributed by atoms with E-state index in [0.29, 0.717) is 28.9 Å². The molecule has 5 heteroatoms. The Morgan fingerprint density at radius 1 is 1.52 bits per heavy atom. The van der Waals surface area contributed by atoms with Crippen LogP contribution < -0.4 is 15.4 Å². The lowest BCUT2D eigenvalue weighted by Gasteiger charge is -2.13. The largest absolute Gasteiger partial charge is 0.489 e. The van der Waals surface area contributed by atoms with Crippen molar-refractivity contribution in [2.45, 2.75) is 51.7 Å². The van der Waals surface area contributed by atoms with Gasteiger partial charge in [0.15, 0.2) is 0 Å². The van der Waals surface area contributed by atoms with Crippen LogP contribution in [-0.4, -0.2) is 24.6 Å². The van der Waals surface area contributed by atoms with Gasteiger partial charge < -0.3 is 15.4 Å². The van der Waals surface area contributed by atoms with Crippen LogP contribution in [-0.2, 0) is 4.79 Å². The van der Waals surface area contributed by atoms with Gasteiger partial charge in [0.05, 0.1) is 11.1 Å². The molecule has 1 fully saturated rings. The van der Waals surface area contributed by atoms with E-state index in [9.17, 15) is 4.79 Å². The van der Waals surface area contributed by atoms with Crippen molar-refractivity contribution >= 4 is 23.2 Å². The molecule has 0 aromatic heterocycles. The van der Waals surface area contributed by atoms with Gasteiger partial charge in [-0.25, -0.2) is 0 Å². The third-order valence-electron chi connectivity index (χ3n) is 3.46. The highest BCUT2D eigenvalue weighted by Gasteiger charge is 2.15. The predicted octanol–water partition coefficient (Wildman–Crippen LogP) is 3.60. The molecule has 0 saturated carbocycles. The van der Waals surface area contributed by atoms with Crippen molar-refractivity contribution in [1.29, 1.82) is 0 Å². The summed E-state index contributed by atoms with van der Waals surface area (Å²) in [6.07, 6.45) is 3.86. The molecule has 1 unspecified atom stereocenters. The summed E-state index contributed by atoms with van der Waals surface area (Å²) in [5.41, 5.74) is 0.709. The minimum atomic E-state index is 0.0253. The van der Waals surface area contributed by atoms with Crippen molar-refractivity contribution in [2.24, 2.45) is 0 Å². The molecule has 1 atom stereocenters. The highest BCUT2D eigenvalue weighted by atomic mass is 35.5. The van der Waals surface area contributed by atoms with Crippen LogP contribution >= 0.6 is 11.6 Å². The molecule has 2 N–H and O–H groups in total. The lowest BCUT2D eigenvalue weighted by atomic mass is 10.1. The molecule has 21 heavy (non-hydrogen) atoms. The van der Waals surface area contributed by atoms with Crippen molar-refractivity contribution in [3.8, 4) is 5.75 Å². The van der Waals surface area contributed by atoms with Crippen molar-refractivity contribution in [3.05, 3.63) is 23.2 Å². The Morgan fingerprint density at radius 3 is 2.95 bits per heavy atom. The van der Waals surface area contributed by atoms with Crippen LogP contribution in [0.5, 0.6) is 5.75 Å². The second kappa shape index (κ2) is 7.66. The number of hydrogen-bond donors (Lipinski definition) is 2. The topological polar surface area (TPSA) is 50.4 Å². The minimum absolute atomic E-state index is 0.0253. The number of nitrogens with one attached hydrogen (secondary N) is 2. The molecule has 1 amide bonds. The number of benzene rings is 1. The maximum absolute atomic E-state index is 11.9. The van der Waals surface area contributed by atoms with Crippen molar-refractivity contribution < 1.29 is 9.53 Å². The molecule has 1 saturated heterocycles. The van der Waals surface area contributed by atoms with Gasteiger partial charge in [0.25, 0.3) is 0 Å². The van der Waals surface area contributed by atoms with Gasteiger partial charge in [-0.15, -0.1) is 0 Å². The fourth-order valence-electron chi connectivity index (χ4n) is 2.46. The summed E-state index contributed by atoms with van der Waals surface area (Å²) in [7, 11) is 0. The molecule has 116 valence electrons. The Balaban J connectivity index is 1.84. The Labute approximate surface area is 131 Å². The summed E-state index contributed by atoms with van der Waals surface area (Å²) < 4.78 is 5.57. The highest BCUT2D eigenvalue weighted by Crippen LogP contribution is 2.28. The molecular weight excluding hydrogens is 288 g/mol. The number of carbonyl (C=O) groups excluding carboxylic acids is 1. The molecule has 0 aliphatic carbocycles. The second-order valence-electron chi connectivity index (χ2n) is 5.69. The zero-order chi connectivity index (χ0) is 15.2. The average Bonchev–Trinajstić information content (AvgIpc) is 2.92. The molecular formula is C16H23ClN2O2. The van der Waals surface area contributed by atoms with Crippen LogP contribution in [0.25, 0.3) is 0 Å². The lowest BCUT2D eigenvalue weighted by Crippen LogP contribution is -2.23. The number of halogens is 1. The van der Waals surface area contributed by atoms with Crippen molar-refractivity contribution in [3.63, 3.8) is 0 Å². The molecule has 1 aromatic carbocycles. The van der Waals surface area contributed by atoms with E-state index in [-0.39, 0.29) is 12.0 Å². The van der Waals surface area contributed by atoms with E-state index < -0.39 is 0 Å². The summed E-state index contributed by atoms with van der Waals surface area (Å²) in [4.78, 5) is 11.9. The van der Waals surface area contributed by atoms with Crippen LogP contribution in [0.2, 0.25) is 5.02 Å². The molecule has 4 nitrogen and oxygen atoms in total. The van der Waals surface area contributed by atoms with Crippen LogP contribution in [0.3, 0.4) is 0 Å². The fourth-order valence-corrected chi connectivity index (χ4v) is 2.69. The normalized spacial score (nSPS) is 18.0. The van der Waals surface area contributed by atoms with Gasteiger partial charge in [-0.1, -0.05) is 11.6 Å². The molecule has 0 spiro atoms. The predicted molar refractivity (Wildman–Crippen MR) is 86.1 cm³/mol. The van der Waals surface area contributed by atoms with Gasteiger partial charge in [-0.2, -0.15) is 0 Å². The number of ether oxygens (including phenoxy) is 1. The van der Waals surface area contributed by atoms with E-state index in [2.05, 4.69) is 10.6 Å². The summed E-state index contributed by atoms with van der Waals surface area (Å²) in [6, 6.07) is 5.82. The SMILES string of the molecule is CC(C)Oc1ccc(NC(=O)CCC2CCCN2)cc1Cl. The zero-order valence-corrected chi connectivity index (χ0v) is 13.4. The summed E-state index contributed by atoms with van der Waals surface area (Å²) in [6.45, 7) is 4.96. The monoisotopic (exact) mass is 310 g/mol.